The lowest BCUT2D eigenvalue weighted by atomic mass is 10.1. The van der Waals surface area contributed by atoms with E-state index in [1.54, 1.807) is 16.4 Å². The van der Waals surface area contributed by atoms with Gasteiger partial charge in [0.1, 0.15) is 5.82 Å². The molecule has 5 rings (SSSR count). The van der Waals surface area contributed by atoms with Crippen LogP contribution >= 0.6 is 0 Å². The van der Waals surface area contributed by atoms with Gasteiger partial charge < -0.3 is 20.7 Å². The van der Waals surface area contributed by atoms with Crippen molar-refractivity contribution in [1.82, 2.24) is 14.3 Å². The Labute approximate surface area is 193 Å². The number of urea groups is 1. The molecule has 2 aliphatic heterocycles. The number of fused-ring (bicyclic) bond motifs is 1. The first-order chi connectivity index (χ1) is 15.8. The lowest BCUT2D eigenvalue weighted by Crippen LogP contribution is -2.46. The molecule has 1 atom stereocenters. The maximum absolute atomic E-state index is 12.9. The number of ether oxygens (including phenoxy) is 1. The van der Waals surface area contributed by atoms with E-state index in [-0.39, 0.29) is 11.3 Å². The summed E-state index contributed by atoms with van der Waals surface area (Å²) in [7, 11) is -3.28. The van der Waals surface area contributed by atoms with Gasteiger partial charge in [-0.25, -0.2) is 23.2 Å². The maximum Gasteiger partial charge on any atom is 0.316 e. The molecule has 1 saturated carbocycles. The number of amides is 2. The molecule has 2 aromatic rings. The maximum atomic E-state index is 12.9. The smallest absolute Gasteiger partial charge is 0.316 e. The van der Waals surface area contributed by atoms with Crippen LogP contribution in [0.2, 0.25) is 0 Å². The van der Waals surface area contributed by atoms with E-state index in [9.17, 15) is 13.2 Å². The summed E-state index contributed by atoms with van der Waals surface area (Å²) < 4.78 is 33.1. The Balaban J connectivity index is 1.54. The van der Waals surface area contributed by atoms with Gasteiger partial charge in [-0.3, -0.25) is 0 Å². The molecule has 1 aromatic heterocycles. The fourth-order valence-corrected chi connectivity index (χ4v) is 6.23. The summed E-state index contributed by atoms with van der Waals surface area (Å²) in [6, 6.07) is 6.68. The van der Waals surface area contributed by atoms with Gasteiger partial charge in [-0.15, -0.1) is 0 Å². The summed E-state index contributed by atoms with van der Waals surface area (Å²) in [5, 5.41) is 2.31. The Morgan fingerprint density at radius 1 is 1.18 bits per heavy atom. The van der Waals surface area contributed by atoms with Gasteiger partial charge in [-0.05, 0) is 44.0 Å². The number of hydrogen-bond acceptors (Lipinski definition) is 7. The number of primary amides is 1. The Morgan fingerprint density at radius 3 is 2.61 bits per heavy atom. The number of sulfonamides is 1. The first kappa shape index (κ1) is 22.1. The van der Waals surface area contributed by atoms with Gasteiger partial charge >= 0.3 is 6.03 Å². The third kappa shape index (κ3) is 4.40. The average Bonchev–Trinajstić information content (AvgIpc) is 3.65. The van der Waals surface area contributed by atoms with Gasteiger partial charge in [0.15, 0.2) is 5.82 Å². The number of nitrogens with zero attached hydrogens (tertiary/aromatic N) is 4. The van der Waals surface area contributed by atoms with Crippen molar-refractivity contribution >= 4 is 27.6 Å². The van der Waals surface area contributed by atoms with Gasteiger partial charge in [0, 0.05) is 42.9 Å². The van der Waals surface area contributed by atoms with Gasteiger partial charge in [-0.2, -0.15) is 4.31 Å². The van der Waals surface area contributed by atoms with Crippen LogP contribution in [0, 0.1) is 0 Å². The number of carbonyl (C=O) groups is 1. The van der Waals surface area contributed by atoms with Gasteiger partial charge in [-0.1, -0.05) is 0 Å². The molecule has 10 nitrogen and oxygen atoms in total. The molecular formula is C22H28N6O4S. The lowest BCUT2D eigenvalue weighted by Gasteiger charge is -2.38. The van der Waals surface area contributed by atoms with Crippen LogP contribution < -0.4 is 16.0 Å². The minimum absolute atomic E-state index is 0.114. The summed E-state index contributed by atoms with van der Waals surface area (Å²) in [5.74, 6) is 1.35. The number of rotatable bonds is 5. The summed E-state index contributed by atoms with van der Waals surface area (Å²) in [4.78, 5) is 23.1. The Bertz CT molecular complexity index is 1170. The minimum atomic E-state index is -3.28. The number of benzene rings is 1. The monoisotopic (exact) mass is 472 g/mol. The fraction of sp³-hybridized carbons (Fsp3) is 0.500. The van der Waals surface area contributed by atoms with Crippen LogP contribution in [0.3, 0.4) is 0 Å². The summed E-state index contributed by atoms with van der Waals surface area (Å²) >= 11 is 0. The molecular weight excluding hydrogens is 444 g/mol. The van der Waals surface area contributed by atoms with E-state index in [0.717, 1.165) is 35.5 Å². The van der Waals surface area contributed by atoms with E-state index < -0.39 is 16.1 Å². The zero-order valence-electron chi connectivity index (χ0n) is 18.5. The molecule has 3 aliphatic rings. The standard InChI is InChI=1S/C22H28N6O4S/c1-14-13-32-11-10-28(14)21-18-12-27(33(30,31)17-6-7-17)9-8-19(18)25-20(26-21)15-2-4-16(5-3-15)24-22(23)29/h2-5,14,17H,6-13H2,1H3,(H3,23,24,29)/t14-/m0/s1. The predicted octanol–water partition coefficient (Wildman–Crippen LogP) is 1.71. The molecule has 1 aliphatic carbocycles. The number of hydrogen-bond donors (Lipinski definition) is 2. The molecule has 33 heavy (non-hydrogen) atoms. The van der Waals surface area contributed by atoms with Crippen molar-refractivity contribution in [3.63, 3.8) is 0 Å². The van der Waals surface area contributed by atoms with Crippen LogP contribution in [0.4, 0.5) is 16.3 Å². The van der Waals surface area contributed by atoms with E-state index >= 15 is 0 Å². The SMILES string of the molecule is C[C@H]1COCCN1c1nc(-c2ccc(NC(N)=O)cc2)nc2c1CN(S(=O)(=O)C1CC1)CC2. The highest BCUT2D eigenvalue weighted by Crippen LogP contribution is 2.36. The lowest BCUT2D eigenvalue weighted by molar-refractivity contribution is 0.0983. The van der Waals surface area contributed by atoms with Crippen LogP contribution in [0.15, 0.2) is 24.3 Å². The van der Waals surface area contributed by atoms with Crippen LogP contribution in [0.25, 0.3) is 11.4 Å². The minimum Gasteiger partial charge on any atom is -0.377 e. The Hall–Kier alpha value is -2.76. The normalized spacial score (nSPS) is 21.5. The van der Waals surface area contributed by atoms with Crippen molar-refractivity contribution in [2.45, 2.75) is 44.0 Å². The van der Waals surface area contributed by atoms with E-state index in [1.165, 1.54) is 0 Å². The summed E-state index contributed by atoms with van der Waals surface area (Å²) in [5.41, 5.74) is 8.36. The van der Waals surface area contributed by atoms with Crippen molar-refractivity contribution < 1.29 is 17.9 Å². The molecule has 1 aromatic carbocycles. The molecule has 2 fully saturated rings. The van der Waals surface area contributed by atoms with E-state index in [4.69, 9.17) is 20.4 Å². The molecule has 2 amide bonds. The topological polar surface area (TPSA) is 131 Å². The fourth-order valence-electron chi connectivity index (χ4n) is 4.42. The second-order valence-electron chi connectivity index (χ2n) is 8.81. The first-order valence-electron chi connectivity index (χ1n) is 11.2. The van der Waals surface area contributed by atoms with Crippen molar-refractivity contribution in [2.75, 3.05) is 36.5 Å². The van der Waals surface area contributed by atoms with Gasteiger partial charge in [0.05, 0.1) is 30.2 Å². The van der Waals surface area contributed by atoms with E-state index in [0.29, 0.717) is 50.8 Å². The van der Waals surface area contributed by atoms with Crippen LogP contribution in [-0.4, -0.2) is 66.3 Å². The van der Waals surface area contributed by atoms with E-state index in [2.05, 4.69) is 17.1 Å². The predicted molar refractivity (Wildman–Crippen MR) is 124 cm³/mol. The van der Waals surface area contributed by atoms with Crippen molar-refractivity contribution in [3.05, 3.63) is 35.5 Å². The number of nitrogens with one attached hydrogen (secondary N) is 1. The zero-order chi connectivity index (χ0) is 23.2. The largest absolute Gasteiger partial charge is 0.377 e. The average molecular weight is 473 g/mol. The Morgan fingerprint density at radius 2 is 1.94 bits per heavy atom. The van der Waals surface area contributed by atoms with E-state index in [1.807, 2.05) is 12.1 Å². The second-order valence-corrected chi connectivity index (χ2v) is 11.0. The van der Waals surface area contributed by atoms with Gasteiger partial charge in [0.2, 0.25) is 10.0 Å². The number of carbonyl (C=O) groups excluding carboxylic acids is 1. The molecule has 176 valence electrons. The summed E-state index contributed by atoms with van der Waals surface area (Å²) in [6.07, 6.45) is 2.04. The van der Waals surface area contributed by atoms with Crippen molar-refractivity contribution in [3.8, 4) is 11.4 Å². The molecule has 0 radical (unpaired) electrons. The highest BCUT2D eigenvalue weighted by Gasteiger charge is 2.42. The van der Waals surface area contributed by atoms with Crippen LogP contribution in [-0.2, 0) is 27.7 Å². The molecule has 0 bridgehead atoms. The van der Waals surface area contributed by atoms with Crippen molar-refractivity contribution in [1.29, 1.82) is 0 Å². The number of morpholine rings is 1. The zero-order valence-corrected chi connectivity index (χ0v) is 19.3. The molecule has 1 saturated heterocycles. The molecule has 11 heteroatoms. The third-order valence-corrected chi connectivity index (χ3v) is 8.70. The number of nitrogens with two attached hydrogens (primary N) is 1. The number of aromatic nitrogens is 2. The van der Waals surface area contributed by atoms with Crippen molar-refractivity contribution in [2.24, 2.45) is 5.73 Å². The quantitative estimate of drug-likeness (QED) is 0.677. The molecule has 0 spiro atoms. The highest BCUT2D eigenvalue weighted by molar-refractivity contribution is 7.90. The van der Waals surface area contributed by atoms with Crippen LogP contribution in [0.5, 0.6) is 0 Å². The summed E-state index contributed by atoms with van der Waals surface area (Å²) in [6.45, 7) is 4.68. The van der Waals surface area contributed by atoms with Crippen LogP contribution in [0.1, 0.15) is 31.0 Å². The number of anilines is 2. The first-order valence-corrected chi connectivity index (χ1v) is 12.7. The third-order valence-electron chi connectivity index (χ3n) is 6.36. The second kappa shape index (κ2) is 8.54. The molecule has 0 unspecified atom stereocenters. The Kier molecular flexibility index (Phi) is 5.71. The highest BCUT2D eigenvalue weighted by atomic mass is 32.2. The molecule has 3 heterocycles. The molecule has 3 N–H and O–H groups in total. The van der Waals surface area contributed by atoms with Gasteiger partial charge in [0.25, 0.3) is 0 Å².